The van der Waals surface area contributed by atoms with Gasteiger partial charge in [-0.15, -0.1) is 11.3 Å². The molecule has 49 heavy (non-hydrogen) atoms. The molecule has 0 aliphatic heterocycles. The standard InChI is InChI=1S/C38H47N5O5S/c1-22(2)43(23(3)4)36(46)28-15-13-26(14-16-28)29-20-39-33(40-21-29)27-11-9-25(10-12-27)19-30(34(44)41-24(5)37(47)48)42-35(45)31-17-18-32(49-31)38(6,7)8/h9-18,20-24,30,34,41,44H,19H2,1-8H3,(H,42,45)(H,47,48)/t24-,30+,34?/m1/s1. The number of carboxylic acids is 1. The van der Waals surface area contributed by atoms with E-state index in [2.05, 4.69) is 41.4 Å². The minimum atomic E-state index is -1.32. The third-order valence-electron chi connectivity index (χ3n) is 8.19. The molecule has 0 radical (unpaired) electrons. The third kappa shape index (κ3) is 9.59. The quantitative estimate of drug-likeness (QED) is 0.123. The van der Waals surface area contributed by atoms with E-state index >= 15 is 0 Å². The van der Waals surface area contributed by atoms with Crippen LogP contribution in [0.3, 0.4) is 0 Å². The number of hydrogen-bond donors (Lipinski definition) is 4. The van der Waals surface area contributed by atoms with Gasteiger partial charge < -0.3 is 20.4 Å². The summed E-state index contributed by atoms with van der Waals surface area (Å²) in [4.78, 5) is 50.3. The first kappa shape index (κ1) is 37.4. The smallest absolute Gasteiger partial charge is 0.320 e. The number of benzene rings is 2. The molecular weight excluding hydrogens is 639 g/mol. The number of carbonyl (C=O) groups excluding carboxylic acids is 2. The maximum Gasteiger partial charge on any atom is 0.320 e. The molecule has 3 atom stereocenters. The largest absolute Gasteiger partial charge is 0.480 e. The number of thiophene rings is 1. The fourth-order valence-corrected chi connectivity index (χ4v) is 6.44. The number of amides is 2. The van der Waals surface area contributed by atoms with E-state index in [0.29, 0.717) is 16.3 Å². The van der Waals surface area contributed by atoms with Crippen molar-refractivity contribution in [2.24, 2.45) is 0 Å². The Labute approximate surface area is 292 Å². The fraction of sp³-hybridized carbons (Fsp3) is 0.395. The average Bonchev–Trinajstić information content (AvgIpc) is 3.56. The van der Waals surface area contributed by atoms with Crippen molar-refractivity contribution >= 4 is 29.1 Å². The maximum atomic E-state index is 13.2. The molecule has 11 heteroatoms. The lowest BCUT2D eigenvalue weighted by molar-refractivity contribution is -0.140. The number of carboxylic acid groups (broad SMARTS) is 1. The Balaban J connectivity index is 1.47. The van der Waals surface area contributed by atoms with E-state index in [1.165, 1.54) is 18.3 Å². The van der Waals surface area contributed by atoms with Gasteiger partial charge in [-0.25, -0.2) is 9.97 Å². The molecule has 2 amide bonds. The summed E-state index contributed by atoms with van der Waals surface area (Å²) >= 11 is 1.39. The minimum absolute atomic E-state index is 0.00177. The second-order valence-electron chi connectivity index (χ2n) is 13.8. The van der Waals surface area contributed by atoms with Crippen LogP contribution in [0.1, 0.15) is 85.9 Å². The fourth-order valence-electron chi connectivity index (χ4n) is 5.48. The van der Waals surface area contributed by atoms with Crippen LogP contribution in [0.15, 0.2) is 73.1 Å². The van der Waals surface area contributed by atoms with Gasteiger partial charge in [0.15, 0.2) is 5.82 Å². The summed E-state index contributed by atoms with van der Waals surface area (Å²) < 4.78 is 0. The van der Waals surface area contributed by atoms with Gasteiger partial charge in [0.05, 0.1) is 10.9 Å². The predicted molar refractivity (Wildman–Crippen MR) is 194 cm³/mol. The number of nitrogens with one attached hydrogen (secondary N) is 2. The number of hydrogen-bond acceptors (Lipinski definition) is 8. The van der Waals surface area contributed by atoms with E-state index in [1.807, 2.05) is 87.2 Å². The van der Waals surface area contributed by atoms with Gasteiger partial charge in [-0.05, 0) is 81.8 Å². The molecular formula is C38H47N5O5S. The van der Waals surface area contributed by atoms with Crippen molar-refractivity contribution in [2.75, 3.05) is 0 Å². The molecule has 0 aliphatic carbocycles. The zero-order valence-electron chi connectivity index (χ0n) is 29.4. The number of nitrogens with zero attached hydrogens (tertiary/aromatic N) is 3. The van der Waals surface area contributed by atoms with Crippen LogP contribution < -0.4 is 10.6 Å². The van der Waals surface area contributed by atoms with Crippen molar-refractivity contribution < 1.29 is 24.6 Å². The lowest BCUT2D eigenvalue weighted by atomic mass is 9.95. The molecule has 0 bridgehead atoms. The second-order valence-corrected chi connectivity index (χ2v) is 14.9. The molecule has 4 rings (SSSR count). The predicted octanol–water partition coefficient (Wildman–Crippen LogP) is 6.15. The van der Waals surface area contributed by atoms with Gasteiger partial charge in [0.1, 0.15) is 12.3 Å². The van der Waals surface area contributed by atoms with Crippen LogP contribution in [0.25, 0.3) is 22.5 Å². The summed E-state index contributed by atoms with van der Waals surface area (Å²) in [6, 6.07) is 17.0. The molecule has 1 unspecified atom stereocenters. The molecule has 0 fully saturated rings. The second kappa shape index (κ2) is 15.8. The Morgan fingerprint density at radius 1 is 0.816 bits per heavy atom. The number of aliphatic hydroxyl groups excluding tert-OH is 1. The molecule has 4 aromatic rings. The van der Waals surface area contributed by atoms with Crippen LogP contribution in [0.2, 0.25) is 0 Å². The Morgan fingerprint density at radius 2 is 1.39 bits per heavy atom. The van der Waals surface area contributed by atoms with E-state index in [-0.39, 0.29) is 35.7 Å². The molecule has 0 saturated heterocycles. The van der Waals surface area contributed by atoms with Crippen LogP contribution in [-0.4, -0.2) is 73.3 Å². The van der Waals surface area contributed by atoms with Crippen molar-refractivity contribution in [3.8, 4) is 22.5 Å². The molecule has 0 aliphatic rings. The Bertz CT molecular complexity index is 1720. The summed E-state index contributed by atoms with van der Waals surface area (Å²) in [7, 11) is 0. The first-order chi connectivity index (χ1) is 23.0. The van der Waals surface area contributed by atoms with Crippen molar-refractivity contribution in [1.82, 2.24) is 25.5 Å². The lowest BCUT2D eigenvalue weighted by Crippen LogP contribution is -2.54. The zero-order chi connectivity index (χ0) is 36.0. The summed E-state index contributed by atoms with van der Waals surface area (Å²) in [5, 5.41) is 25.9. The average molecular weight is 686 g/mol. The highest BCUT2D eigenvalue weighted by Crippen LogP contribution is 2.29. The zero-order valence-corrected chi connectivity index (χ0v) is 30.2. The summed E-state index contributed by atoms with van der Waals surface area (Å²) in [5.41, 5.74) is 3.84. The summed E-state index contributed by atoms with van der Waals surface area (Å²) in [5.74, 6) is -0.924. The minimum Gasteiger partial charge on any atom is -0.480 e. The van der Waals surface area contributed by atoms with Crippen molar-refractivity contribution in [3.05, 3.63) is 93.9 Å². The van der Waals surface area contributed by atoms with E-state index in [9.17, 15) is 24.6 Å². The van der Waals surface area contributed by atoms with Crippen LogP contribution in [0.5, 0.6) is 0 Å². The maximum absolute atomic E-state index is 13.2. The topological polar surface area (TPSA) is 145 Å². The molecule has 260 valence electrons. The highest BCUT2D eigenvalue weighted by molar-refractivity contribution is 7.14. The SMILES string of the molecule is CC(C)N(C(=O)c1ccc(-c2cnc(-c3ccc(C[C@H](NC(=O)c4ccc(C(C)(C)C)s4)C(O)N[C@H](C)C(=O)O)cc3)nc2)cc1)C(C)C. The van der Waals surface area contributed by atoms with Crippen molar-refractivity contribution in [1.29, 1.82) is 0 Å². The Hall–Kier alpha value is -4.45. The van der Waals surface area contributed by atoms with Gasteiger partial charge in [-0.3, -0.25) is 19.7 Å². The normalized spacial score (nSPS) is 13.6. The Kier molecular flexibility index (Phi) is 12.1. The molecule has 2 heterocycles. The summed E-state index contributed by atoms with van der Waals surface area (Å²) in [6.45, 7) is 15.7. The van der Waals surface area contributed by atoms with Crippen LogP contribution in [-0.2, 0) is 16.6 Å². The van der Waals surface area contributed by atoms with Crippen molar-refractivity contribution in [3.63, 3.8) is 0 Å². The third-order valence-corrected chi connectivity index (χ3v) is 9.70. The van der Waals surface area contributed by atoms with Gasteiger partial charge in [-0.2, -0.15) is 0 Å². The lowest BCUT2D eigenvalue weighted by Gasteiger charge is -2.30. The highest BCUT2D eigenvalue weighted by Gasteiger charge is 2.27. The van der Waals surface area contributed by atoms with Crippen LogP contribution in [0, 0.1) is 0 Å². The monoisotopic (exact) mass is 685 g/mol. The van der Waals surface area contributed by atoms with E-state index in [4.69, 9.17) is 0 Å². The number of carbonyl (C=O) groups is 3. The van der Waals surface area contributed by atoms with E-state index in [0.717, 1.165) is 27.1 Å². The highest BCUT2D eigenvalue weighted by atomic mass is 32.1. The van der Waals surface area contributed by atoms with Gasteiger partial charge in [-0.1, -0.05) is 57.2 Å². The molecule has 2 aromatic carbocycles. The Morgan fingerprint density at radius 3 is 1.90 bits per heavy atom. The van der Waals surface area contributed by atoms with Gasteiger partial charge in [0.25, 0.3) is 11.8 Å². The van der Waals surface area contributed by atoms with Crippen LogP contribution in [0.4, 0.5) is 0 Å². The van der Waals surface area contributed by atoms with Gasteiger partial charge >= 0.3 is 5.97 Å². The number of aliphatic carboxylic acids is 1. The van der Waals surface area contributed by atoms with E-state index in [1.54, 1.807) is 18.5 Å². The molecule has 2 aromatic heterocycles. The summed E-state index contributed by atoms with van der Waals surface area (Å²) in [6.07, 6.45) is 2.42. The molecule has 4 N–H and O–H groups in total. The first-order valence-electron chi connectivity index (χ1n) is 16.5. The molecule has 10 nitrogen and oxygen atoms in total. The molecule has 0 saturated carbocycles. The number of rotatable bonds is 13. The first-order valence-corrected chi connectivity index (χ1v) is 17.3. The van der Waals surface area contributed by atoms with Crippen molar-refractivity contribution in [2.45, 2.75) is 97.6 Å². The number of aliphatic hydroxyl groups is 1. The van der Waals surface area contributed by atoms with Gasteiger partial charge in [0.2, 0.25) is 0 Å². The van der Waals surface area contributed by atoms with Crippen LogP contribution >= 0.6 is 11.3 Å². The van der Waals surface area contributed by atoms with E-state index < -0.39 is 24.3 Å². The van der Waals surface area contributed by atoms with Gasteiger partial charge in [0, 0.05) is 46.0 Å². The number of aromatic nitrogens is 2. The molecule has 0 spiro atoms.